The molecule has 1 heterocycles. The number of rotatable bonds is 1. The summed E-state index contributed by atoms with van der Waals surface area (Å²) in [6, 6.07) is 5.18. The Labute approximate surface area is 96.6 Å². The predicted molar refractivity (Wildman–Crippen MR) is 61.0 cm³/mol. The van der Waals surface area contributed by atoms with Crippen molar-refractivity contribution in [2.24, 2.45) is 7.05 Å². The molecule has 0 radical (unpaired) electrons. The molecule has 0 aliphatic heterocycles. The smallest absolute Gasteiger partial charge is 0.263 e. The summed E-state index contributed by atoms with van der Waals surface area (Å²) in [6.45, 7) is 0. The average molecular weight is 264 g/mol. The lowest BCUT2D eigenvalue weighted by Crippen LogP contribution is -1.88. The van der Waals surface area contributed by atoms with E-state index in [1.807, 2.05) is 0 Å². The Balaban J connectivity index is 3.01. The van der Waals surface area contributed by atoms with Crippen LogP contribution in [0.3, 0.4) is 0 Å². The zero-order valence-corrected chi connectivity index (χ0v) is 10.1. The summed E-state index contributed by atoms with van der Waals surface area (Å²) in [5.74, 6) is 0. The highest BCUT2D eigenvalue weighted by molar-refractivity contribution is 8.14. The molecule has 0 amide bonds. The first kappa shape index (κ1) is 10.8. The van der Waals surface area contributed by atoms with E-state index in [1.165, 1.54) is 6.20 Å². The minimum Gasteiger partial charge on any atom is -0.349 e. The fourth-order valence-corrected chi connectivity index (χ4v) is 2.97. The number of aryl methyl sites for hydroxylation is 1. The molecule has 6 heteroatoms. The van der Waals surface area contributed by atoms with Gasteiger partial charge in [-0.15, -0.1) is 0 Å². The predicted octanol–water partition coefficient (Wildman–Crippen LogP) is 2.76. The van der Waals surface area contributed by atoms with Crippen LogP contribution < -0.4 is 0 Å². The first-order chi connectivity index (χ1) is 6.91. The first-order valence-electron chi connectivity index (χ1n) is 4.09. The van der Waals surface area contributed by atoms with Crippen molar-refractivity contribution in [3.05, 3.63) is 29.4 Å². The second kappa shape index (κ2) is 3.40. The van der Waals surface area contributed by atoms with E-state index in [1.54, 1.807) is 29.8 Å². The third-order valence-electron chi connectivity index (χ3n) is 2.19. The van der Waals surface area contributed by atoms with Crippen molar-refractivity contribution in [3.63, 3.8) is 0 Å². The van der Waals surface area contributed by atoms with E-state index in [0.717, 1.165) is 5.52 Å². The molecule has 0 spiro atoms. The number of halogens is 2. The van der Waals surface area contributed by atoms with Crippen molar-refractivity contribution in [1.82, 2.24) is 4.57 Å². The van der Waals surface area contributed by atoms with Gasteiger partial charge in [0.25, 0.3) is 9.05 Å². The molecule has 0 saturated heterocycles. The van der Waals surface area contributed by atoms with Crippen molar-refractivity contribution in [1.29, 1.82) is 0 Å². The summed E-state index contributed by atoms with van der Waals surface area (Å²) in [5.41, 5.74) is 0.738. The van der Waals surface area contributed by atoms with Crippen molar-refractivity contribution >= 4 is 42.2 Å². The van der Waals surface area contributed by atoms with Crippen LogP contribution in [0.4, 0.5) is 0 Å². The fraction of sp³-hybridized carbons (Fsp3) is 0.111. The van der Waals surface area contributed by atoms with E-state index >= 15 is 0 Å². The molecule has 2 rings (SSSR count). The quantitative estimate of drug-likeness (QED) is 0.743. The van der Waals surface area contributed by atoms with Gasteiger partial charge < -0.3 is 4.57 Å². The summed E-state index contributed by atoms with van der Waals surface area (Å²) >= 11 is 5.95. The molecular formula is C9H7Cl2NO2S. The van der Waals surface area contributed by atoms with Gasteiger partial charge >= 0.3 is 0 Å². The fourth-order valence-electron chi connectivity index (χ4n) is 1.55. The summed E-state index contributed by atoms with van der Waals surface area (Å²) < 4.78 is 24.3. The molecule has 0 aliphatic carbocycles. The maximum absolute atomic E-state index is 11.3. The Kier molecular flexibility index (Phi) is 2.45. The van der Waals surface area contributed by atoms with E-state index in [2.05, 4.69) is 0 Å². The average Bonchev–Trinajstić information content (AvgIpc) is 2.45. The topological polar surface area (TPSA) is 39.1 Å². The zero-order chi connectivity index (χ0) is 11.2. The number of hydrogen-bond acceptors (Lipinski definition) is 2. The molecule has 0 unspecified atom stereocenters. The second-order valence-electron chi connectivity index (χ2n) is 3.18. The van der Waals surface area contributed by atoms with Crippen LogP contribution in [0, 0.1) is 0 Å². The van der Waals surface area contributed by atoms with Crippen molar-refractivity contribution in [2.45, 2.75) is 4.90 Å². The standard InChI is InChI=1S/C9H7Cl2NO2S/c1-12-5-8(15(11,13)14)9-6(10)3-2-4-7(9)12/h2-5H,1H3. The van der Waals surface area contributed by atoms with Gasteiger partial charge in [-0.05, 0) is 12.1 Å². The van der Waals surface area contributed by atoms with Gasteiger partial charge in [-0.2, -0.15) is 0 Å². The minimum atomic E-state index is -3.76. The normalized spacial score (nSPS) is 12.2. The molecule has 15 heavy (non-hydrogen) atoms. The molecule has 3 nitrogen and oxygen atoms in total. The van der Waals surface area contributed by atoms with Gasteiger partial charge in [-0.1, -0.05) is 17.7 Å². The molecule has 1 aromatic carbocycles. The van der Waals surface area contributed by atoms with E-state index < -0.39 is 9.05 Å². The van der Waals surface area contributed by atoms with Gasteiger partial charge in [0.15, 0.2) is 0 Å². The molecule has 0 saturated carbocycles. The summed E-state index contributed by atoms with van der Waals surface area (Å²) in [4.78, 5) is 0.0484. The highest BCUT2D eigenvalue weighted by Gasteiger charge is 2.19. The minimum absolute atomic E-state index is 0.0484. The van der Waals surface area contributed by atoms with Gasteiger partial charge in [-0.3, -0.25) is 0 Å². The molecule has 80 valence electrons. The number of nitrogens with zero attached hydrogens (tertiary/aromatic N) is 1. The van der Waals surface area contributed by atoms with E-state index in [9.17, 15) is 8.42 Å². The van der Waals surface area contributed by atoms with Crippen molar-refractivity contribution < 1.29 is 8.42 Å². The van der Waals surface area contributed by atoms with Gasteiger partial charge in [0.1, 0.15) is 4.90 Å². The van der Waals surface area contributed by atoms with Gasteiger partial charge in [0.2, 0.25) is 0 Å². The summed E-state index contributed by atoms with van der Waals surface area (Å²) in [7, 11) is 3.30. The third-order valence-corrected chi connectivity index (χ3v) is 3.84. The van der Waals surface area contributed by atoms with Crippen LogP contribution in [0.25, 0.3) is 10.9 Å². The maximum Gasteiger partial charge on any atom is 0.263 e. The van der Waals surface area contributed by atoms with Crippen LogP contribution >= 0.6 is 22.3 Å². The second-order valence-corrected chi connectivity index (χ2v) is 6.12. The van der Waals surface area contributed by atoms with Crippen LogP contribution in [0.15, 0.2) is 29.3 Å². The molecule has 0 bridgehead atoms. The Hall–Kier alpha value is -0.710. The Morgan fingerprint density at radius 1 is 1.33 bits per heavy atom. The highest BCUT2D eigenvalue weighted by atomic mass is 35.7. The SMILES string of the molecule is Cn1cc(S(=O)(=O)Cl)c2c(Cl)cccc21. The van der Waals surface area contributed by atoms with Crippen LogP contribution in [-0.4, -0.2) is 13.0 Å². The van der Waals surface area contributed by atoms with Crippen LogP contribution in [0.5, 0.6) is 0 Å². The number of aromatic nitrogens is 1. The lowest BCUT2D eigenvalue weighted by Gasteiger charge is -1.97. The number of benzene rings is 1. The van der Waals surface area contributed by atoms with Gasteiger partial charge in [0.05, 0.1) is 10.5 Å². The molecule has 1 aromatic heterocycles. The van der Waals surface area contributed by atoms with E-state index in [-0.39, 0.29) is 4.90 Å². The maximum atomic E-state index is 11.3. The molecule has 0 atom stereocenters. The summed E-state index contributed by atoms with van der Waals surface area (Å²) in [5, 5.41) is 0.851. The number of hydrogen-bond donors (Lipinski definition) is 0. The van der Waals surface area contributed by atoms with Gasteiger partial charge in [0, 0.05) is 29.3 Å². The molecule has 0 aliphatic rings. The Morgan fingerprint density at radius 2 is 2.00 bits per heavy atom. The lowest BCUT2D eigenvalue weighted by molar-refractivity contribution is 0.610. The lowest BCUT2D eigenvalue weighted by atomic mass is 10.2. The van der Waals surface area contributed by atoms with E-state index in [0.29, 0.717) is 10.4 Å². The Morgan fingerprint density at radius 3 is 2.60 bits per heavy atom. The van der Waals surface area contributed by atoms with Crippen molar-refractivity contribution in [3.8, 4) is 0 Å². The van der Waals surface area contributed by atoms with Crippen LogP contribution in [0.2, 0.25) is 5.02 Å². The molecule has 2 aromatic rings. The third kappa shape index (κ3) is 1.73. The molecule has 0 N–H and O–H groups in total. The van der Waals surface area contributed by atoms with Crippen LogP contribution in [0.1, 0.15) is 0 Å². The van der Waals surface area contributed by atoms with Crippen LogP contribution in [-0.2, 0) is 16.1 Å². The van der Waals surface area contributed by atoms with E-state index in [4.69, 9.17) is 22.3 Å². The van der Waals surface area contributed by atoms with Crippen molar-refractivity contribution in [2.75, 3.05) is 0 Å². The zero-order valence-electron chi connectivity index (χ0n) is 7.74. The number of fused-ring (bicyclic) bond motifs is 1. The first-order valence-corrected chi connectivity index (χ1v) is 6.78. The highest BCUT2D eigenvalue weighted by Crippen LogP contribution is 2.32. The largest absolute Gasteiger partial charge is 0.349 e. The monoisotopic (exact) mass is 263 g/mol. The molecular weight excluding hydrogens is 257 g/mol. The van der Waals surface area contributed by atoms with Gasteiger partial charge in [-0.25, -0.2) is 8.42 Å². The Bertz CT molecular complexity index is 631. The molecule has 0 fully saturated rings. The summed E-state index contributed by atoms with van der Waals surface area (Å²) in [6.07, 6.45) is 1.46.